The van der Waals surface area contributed by atoms with E-state index in [4.69, 9.17) is 0 Å². The second kappa shape index (κ2) is 5.55. The summed E-state index contributed by atoms with van der Waals surface area (Å²) in [6.45, 7) is -0.0117. The summed E-state index contributed by atoms with van der Waals surface area (Å²) in [7, 11) is -3.18. The molecule has 0 fully saturated rings. The van der Waals surface area contributed by atoms with Crippen LogP contribution in [0.15, 0.2) is 59.5 Å². The van der Waals surface area contributed by atoms with Gasteiger partial charge in [-0.3, -0.25) is 0 Å². The molecule has 0 amide bonds. The summed E-state index contributed by atoms with van der Waals surface area (Å²) in [6.07, 6.45) is 1.18. The molecule has 0 spiro atoms. The van der Waals surface area contributed by atoms with E-state index >= 15 is 0 Å². The third-order valence-corrected chi connectivity index (χ3v) is 4.22. The van der Waals surface area contributed by atoms with E-state index in [1.807, 2.05) is 30.3 Å². The highest BCUT2D eigenvalue weighted by molar-refractivity contribution is 7.90. The topological polar surface area (TPSA) is 54.4 Å². The molecule has 100 valence electrons. The maximum atomic E-state index is 11.4. The predicted molar refractivity (Wildman–Crippen MR) is 74.9 cm³/mol. The fraction of sp³-hybridized carbons (Fsp3) is 0.200. The first-order valence-corrected chi connectivity index (χ1v) is 7.87. The van der Waals surface area contributed by atoms with Crippen molar-refractivity contribution in [1.29, 1.82) is 0 Å². The van der Waals surface area contributed by atoms with Gasteiger partial charge in [-0.05, 0) is 23.3 Å². The first kappa shape index (κ1) is 13.8. The lowest BCUT2D eigenvalue weighted by Crippen LogP contribution is -2.06. The van der Waals surface area contributed by atoms with E-state index < -0.39 is 9.84 Å². The van der Waals surface area contributed by atoms with E-state index in [-0.39, 0.29) is 12.5 Å². The van der Waals surface area contributed by atoms with Crippen LogP contribution in [0.25, 0.3) is 0 Å². The highest BCUT2D eigenvalue weighted by Gasteiger charge is 2.14. The molecule has 1 unspecified atom stereocenters. The van der Waals surface area contributed by atoms with Crippen LogP contribution in [0.4, 0.5) is 0 Å². The molecule has 1 atom stereocenters. The van der Waals surface area contributed by atoms with Gasteiger partial charge >= 0.3 is 0 Å². The van der Waals surface area contributed by atoms with Crippen molar-refractivity contribution in [2.45, 2.75) is 10.8 Å². The van der Waals surface area contributed by atoms with Crippen LogP contribution in [-0.2, 0) is 9.84 Å². The van der Waals surface area contributed by atoms with Crippen LogP contribution >= 0.6 is 0 Å². The van der Waals surface area contributed by atoms with Crippen molar-refractivity contribution < 1.29 is 13.5 Å². The van der Waals surface area contributed by atoms with E-state index in [9.17, 15) is 13.5 Å². The Morgan fingerprint density at radius 2 is 1.47 bits per heavy atom. The maximum Gasteiger partial charge on any atom is 0.175 e. The molecule has 4 heteroatoms. The van der Waals surface area contributed by atoms with Crippen molar-refractivity contribution in [2.24, 2.45) is 0 Å². The standard InChI is InChI=1S/C15H16O3S/c1-19(17,18)14-9-7-13(8-10-14)15(11-16)12-5-3-2-4-6-12/h2-10,15-16H,11H2,1H3. The smallest absolute Gasteiger partial charge is 0.175 e. The number of rotatable bonds is 4. The first-order valence-electron chi connectivity index (χ1n) is 5.98. The van der Waals surface area contributed by atoms with Gasteiger partial charge in [0.05, 0.1) is 11.5 Å². The van der Waals surface area contributed by atoms with Crippen molar-refractivity contribution in [3.05, 3.63) is 65.7 Å². The Hall–Kier alpha value is -1.65. The van der Waals surface area contributed by atoms with E-state index in [0.717, 1.165) is 11.1 Å². The Bertz CT molecular complexity index is 631. The average molecular weight is 276 g/mol. The van der Waals surface area contributed by atoms with Crippen LogP contribution in [-0.4, -0.2) is 26.4 Å². The lowest BCUT2D eigenvalue weighted by atomic mass is 9.92. The number of aliphatic hydroxyl groups excluding tert-OH is 1. The molecule has 0 aliphatic carbocycles. The van der Waals surface area contributed by atoms with Gasteiger partial charge in [0.15, 0.2) is 9.84 Å². The quantitative estimate of drug-likeness (QED) is 0.931. The minimum absolute atomic E-state index is 0.0117. The number of aliphatic hydroxyl groups is 1. The van der Waals surface area contributed by atoms with Crippen molar-refractivity contribution in [3.8, 4) is 0 Å². The molecule has 0 aromatic heterocycles. The molecule has 2 aromatic carbocycles. The first-order chi connectivity index (χ1) is 9.02. The highest BCUT2D eigenvalue weighted by atomic mass is 32.2. The van der Waals surface area contributed by atoms with E-state index in [0.29, 0.717) is 4.90 Å². The van der Waals surface area contributed by atoms with Crippen LogP contribution < -0.4 is 0 Å². The molecule has 0 aliphatic heterocycles. The monoisotopic (exact) mass is 276 g/mol. The van der Waals surface area contributed by atoms with Gasteiger partial charge < -0.3 is 5.11 Å². The summed E-state index contributed by atoms with van der Waals surface area (Å²) in [6, 6.07) is 16.3. The van der Waals surface area contributed by atoms with Crippen molar-refractivity contribution in [3.63, 3.8) is 0 Å². The Morgan fingerprint density at radius 3 is 1.95 bits per heavy atom. The molecule has 1 N–H and O–H groups in total. The van der Waals surface area contributed by atoms with Gasteiger partial charge in [0, 0.05) is 12.2 Å². The molecule has 0 heterocycles. The summed E-state index contributed by atoms with van der Waals surface area (Å²) in [5.74, 6) is -0.130. The van der Waals surface area contributed by atoms with Gasteiger partial charge in [-0.15, -0.1) is 0 Å². The van der Waals surface area contributed by atoms with Gasteiger partial charge in [-0.2, -0.15) is 0 Å². The van der Waals surface area contributed by atoms with Crippen LogP contribution in [0.3, 0.4) is 0 Å². The van der Waals surface area contributed by atoms with Crippen LogP contribution in [0.1, 0.15) is 17.0 Å². The molecule has 0 radical (unpaired) electrons. The Balaban J connectivity index is 2.35. The molecule has 0 bridgehead atoms. The van der Waals surface area contributed by atoms with E-state index in [1.54, 1.807) is 24.3 Å². The summed E-state index contributed by atoms with van der Waals surface area (Å²) in [4.78, 5) is 0.293. The average Bonchev–Trinajstić information content (AvgIpc) is 2.40. The number of sulfone groups is 1. The molecular formula is C15H16O3S. The largest absolute Gasteiger partial charge is 0.395 e. The number of benzene rings is 2. The fourth-order valence-electron chi connectivity index (χ4n) is 2.04. The van der Waals surface area contributed by atoms with Crippen molar-refractivity contribution in [1.82, 2.24) is 0 Å². The molecule has 19 heavy (non-hydrogen) atoms. The predicted octanol–water partition coefficient (Wildman–Crippen LogP) is 2.21. The third kappa shape index (κ3) is 3.22. The number of hydrogen-bond acceptors (Lipinski definition) is 3. The molecule has 2 aromatic rings. The Kier molecular flexibility index (Phi) is 4.02. The van der Waals surface area contributed by atoms with Gasteiger partial charge in [0.1, 0.15) is 0 Å². The summed E-state index contributed by atoms with van der Waals surface area (Å²) in [5, 5.41) is 9.54. The van der Waals surface area contributed by atoms with Crippen molar-refractivity contribution in [2.75, 3.05) is 12.9 Å². The number of hydrogen-bond donors (Lipinski definition) is 1. The van der Waals surface area contributed by atoms with Gasteiger partial charge in [0.2, 0.25) is 0 Å². The second-order valence-electron chi connectivity index (χ2n) is 4.49. The second-order valence-corrected chi connectivity index (χ2v) is 6.50. The molecule has 0 saturated heterocycles. The zero-order valence-electron chi connectivity index (χ0n) is 10.7. The fourth-order valence-corrected chi connectivity index (χ4v) is 2.67. The third-order valence-electron chi connectivity index (χ3n) is 3.10. The summed E-state index contributed by atoms with van der Waals surface area (Å²) < 4.78 is 22.8. The zero-order chi connectivity index (χ0) is 13.9. The SMILES string of the molecule is CS(=O)(=O)c1ccc(C(CO)c2ccccc2)cc1. The summed E-state index contributed by atoms with van der Waals surface area (Å²) in [5.41, 5.74) is 1.92. The van der Waals surface area contributed by atoms with Crippen molar-refractivity contribution >= 4 is 9.84 Å². The molecule has 0 saturated carbocycles. The molecule has 3 nitrogen and oxygen atoms in total. The minimum Gasteiger partial charge on any atom is -0.395 e. The Labute approximate surface area is 113 Å². The van der Waals surface area contributed by atoms with Gasteiger partial charge in [0.25, 0.3) is 0 Å². The van der Waals surface area contributed by atoms with Crippen LogP contribution in [0.2, 0.25) is 0 Å². The minimum atomic E-state index is -3.18. The zero-order valence-corrected chi connectivity index (χ0v) is 11.5. The lowest BCUT2D eigenvalue weighted by Gasteiger charge is -2.15. The van der Waals surface area contributed by atoms with Gasteiger partial charge in [-0.25, -0.2) is 8.42 Å². The van der Waals surface area contributed by atoms with E-state index in [1.165, 1.54) is 6.26 Å². The normalized spacial score (nSPS) is 13.2. The maximum absolute atomic E-state index is 11.4. The van der Waals surface area contributed by atoms with Crippen LogP contribution in [0, 0.1) is 0 Å². The summed E-state index contributed by atoms with van der Waals surface area (Å²) >= 11 is 0. The van der Waals surface area contributed by atoms with E-state index in [2.05, 4.69) is 0 Å². The molecule has 0 aliphatic rings. The highest BCUT2D eigenvalue weighted by Crippen LogP contribution is 2.25. The molecular weight excluding hydrogens is 260 g/mol. The lowest BCUT2D eigenvalue weighted by molar-refractivity contribution is 0.280. The van der Waals surface area contributed by atoms with Gasteiger partial charge in [-0.1, -0.05) is 42.5 Å². The molecule has 2 rings (SSSR count). The Morgan fingerprint density at radius 1 is 0.947 bits per heavy atom. The van der Waals surface area contributed by atoms with Crippen LogP contribution in [0.5, 0.6) is 0 Å².